The molecule has 0 amide bonds. The van der Waals surface area contributed by atoms with Crippen LogP contribution in [0, 0.1) is 0 Å². The number of aliphatic hydroxyl groups is 1. The number of hydrogen-bond acceptors (Lipinski definition) is 4. The van der Waals surface area contributed by atoms with Gasteiger partial charge in [0.05, 0.1) is 11.6 Å². The summed E-state index contributed by atoms with van der Waals surface area (Å²) in [4.78, 5) is 15.0. The number of aryl methyl sites for hydroxylation is 1. The molecule has 5 heteroatoms. The van der Waals surface area contributed by atoms with E-state index in [1.54, 1.807) is 6.07 Å². The minimum atomic E-state index is -0.702. The first kappa shape index (κ1) is 22.4. The second-order valence-electron chi connectivity index (χ2n) is 9.02. The summed E-state index contributed by atoms with van der Waals surface area (Å²) in [5.74, 6) is 0.596. The maximum atomic E-state index is 12.1. The van der Waals surface area contributed by atoms with Crippen molar-refractivity contribution >= 4 is 10.9 Å². The number of H-pyrrole nitrogens is 1. The van der Waals surface area contributed by atoms with Gasteiger partial charge in [0.1, 0.15) is 12.4 Å². The van der Waals surface area contributed by atoms with Crippen molar-refractivity contribution in [2.45, 2.75) is 44.9 Å². The van der Waals surface area contributed by atoms with Crippen molar-refractivity contribution in [2.75, 3.05) is 6.54 Å². The number of aromatic amines is 1. The number of fused-ring (bicyclic) bond motifs is 2. The summed E-state index contributed by atoms with van der Waals surface area (Å²) in [7, 11) is 0. The third kappa shape index (κ3) is 4.76. The van der Waals surface area contributed by atoms with Gasteiger partial charge in [-0.25, -0.2) is 0 Å². The summed E-state index contributed by atoms with van der Waals surface area (Å²) in [5.41, 5.74) is 6.41. The van der Waals surface area contributed by atoms with E-state index in [2.05, 4.69) is 35.4 Å². The standard InChI is InChI=1S/C29H30N2O3/c1-2-19-8-9-21-15-23(16-22(21)14-19)30-17-26(32)24-10-12-27(29-25(24)11-13-28(33)31-29)34-18-20-6-4-3-5-7-20/h3-14,23,26,30,32H,2,15-18H2,1H3,(H,31,33)/t23?,26-/m0/s1. The van der Waals surface area contributed by atoms with Crippen molar-refractivity contribution in [1.82, 2.24) is 10.3 Å². The first-order valence-electron chi connectivity index (χ1n) is 12.0. The molecular formula is C29H30N2O3. The highest BCUT2D eigenvalue weighted by Crippen LogP contribution is 2.31. The molecule has 0 radical (unpaired) electrons. The lowest BCUT2D eigenvalue weighted by Crippen LogP contribution is -2.33. The lowest BCUT2D eigenvalue weighted by Gasteiger charge is -2.19. The number of ether oxygens (including phenoxy) is 1. The lowest BCUT2D eigenvalue weighted by atomic mass is 10.0. The van der Waals surface area contributed by atoms with Crippen LogP contribution in [0.15, 0.2) is 77.6 Å². The summed E-state index contributed by atoms with van der Waals surface area (Å²) < 4.78 is 6.02. The smallest absolute Gasteiger partial charge is 0.248 e. The van der Waals surface area contributed by atoms with Crippen LogP contribution in [0.4, 0.5) is 0 Å². The monoisotopic (exact) mass is 454 g/mol. The zero-order valence-electron chi connectivity index (χ0n) is 19.4. The Bertz CT molecular complexity index is 1350. The number of rotatable bonds is 8. The molecular weight excluding hydrogens is 424 g/mol. The maximum Gasteiger partial charge on any atom is 0.248 e. The number of aromatic nitrogens is 1. The van der Waals surface area contributed by atoms with Gasteiger partial charge in [0.25, 0.3) is 0 Å². The number of hydrogen-bond donors (Lipinski definition) is 3. The molecule has 0 aliphatic heterocycles. The zero-order valence-corrected chi connectivity index (χ0v) is 19.4. The fourth-order valence-corrected chi connectivity index (χ4v) is 4.82. The summed E-state index contributed by atoms with van der Waals surface area (Å²) in [6.45, 7) is 3.02. The quantitative estimate of drug-likeness (QED) is 0.368. The number of nitrogens with one attached hydrogen (secondary N) is 2. The van der Waals surface area contributed by atoms with Gasteiger partial charge in [0, 0.05) is 24.0 Å². The number of pyridine rings is 1. The molecule has 5 rings (SSSR count). The molecule has 34 heavy (non-hydrogen) atoms. The molecule has 2 atom stereocenters. The minimum Gasteiger partial charge on any atom is -0.487 e. The topological polar surface area (TPSA) is 74.3 Å². The van der Waals surface area contributed by atoms with E-state index in [9.17, 15) is 9.90 Å². The zero-order chi connectivity index (χ0) is 23.5. The average molecular weight is 455 g/mol. The second-order valence-corrected chi connectivity index (χ2v) is 9.02. The van der Waals surface area contributed by atoms with Gasteiger partial charge < -0.3 is 20.1 Å². The number of aliphatic hydroxyl groups excluding tert-OH is 1. The summed E-state index contributed by atoms with van der Waals surface area (Å²) in [6, 6.07) is 24.0. The maximum absolute atomic E-state index is 12.1. The van der Waals surface area contributed by atoms with Gasteiger partial charge in [-0.1, -0.05) is 61.5 Å². The van der Waals surface area contributed by atoms with E-state index in [0.717, 1.165) is 35.8 Å². The van der Waals surface area contributed by atoms with E-state index in [1.807, 2.05) is 42.5 Å². The third-order valence-corrected chi connectivity index (χ3v) is 6.70. The van der Waals surface area contributed by atoms with Gasteiger partial charge in [-0.15, -0.1) is 0 Å². The first-order chi connectivity index (χ1) is 16.6. The lowest BCUT2D eigenvalue weighted by molar-refractivity contribution is 0.171. The van der Waals surface area contributed by atoms with Gasteiger partial charge in [-0.05, 0) is 59.2 Å². The van der Waals surface area contributed by atoms with Crippen molar-refractivity contribution in [1.29, 1.82) is 0 Å². The Morgan fingerprint density at radius 3 is 2.65 bits per heavy atom. The molecule has 3 aromatic carbocycles. The Labute approximate surface area is 199 Å². The molecule has 174 valence electrons. The van der Waals surface area contributed by atoms with Crippen LogP contribution in [-0.4, -0.2) is 22.7 Å². The molecule has 0 bridgehead atoms. The largest absolute Gasteiger partial charge is 0.487 e. The van der Waals surface area contributed by atoms with E-state index in [4.69, 9.17) is 4.74 Å². The van der Waals surface area contributed by atoms with Crippen LogP contribution >= 0.6 is 0 Å². The van der Waals surface area contributed by atoms with E-state index in [1.165, 1.54) is 22.8 Å². The van der Waals surface area contributed by atoms with Gasteiger partial charge in [-0.3, -0.25) is 4.79 Å². The number of benzene rings is 3. The van der Waals surface area contributed by atoms with E-state index < -0.39 is 6.10 Å². The second kappa shape index (κ2) is 9.84. The summed E-state index contributed by atoms with van der Waals surface area (Å²) >= 11 is 0. The fraction of sp³-hybridized carbons (Fsp3) is 0.276. The highest BCUT2D eigenvalue weighted by Gasteiger charge is 2.23. The predicted octanol–water partition coefficient (Wildman–Crippen LogP) is 4.46. The van der Waals surface area contributed by atoms with E-state index in [-0.39, 0.29) is 5.56 Å². The van der Waals surface area contributed by atoms with Crippen LogP contribution in [0.5, 0.6) is 5.75 Å². The highest BCUT2D eigenvalue weighted by molar-refractivity contribution is 5.87. The van der Waals surface area contributed by atoms with Crippen LogP contribution in [0.25, 0.3) is 10.9 Å². The van der Waals surface area contributed by atoms with E-state index in [0.29, 0.717) is 30.5 Å². The Balaban J connectivity index is 1.31. The normalized spacial score (nSPS) is 15.9. The molecule has 0 saturated heterocycles. The minimum absolute atomic E-state index is 0.197. The Hall–Kier alpha value is -3.41. The molecule has 0 fully saturated rings. The van der Waals surface area contributed by atoms with Crippen molar-refractivity contribution in [3.63, 3.8) is 0 Å². The van der Waals surface area contributed by atoms with Crippen molar-refractivity contribution in [3.05, 3.63) is 111 Å². The highest BCUT2D eigenvalue weighted by atomic mass is 16.5. The molecule has 1 aromatic heterocycles. The van der Waals surface area contributed by atoms with Gasteiger partial charge >= 0.3 is 0 Å². The predicted molar refractivity (Wildman–Crippen MR) is 135 cm³/mol. The molecule has 3 N–H and O–H groups in total. The fourth-order valence-electron chi connectivity index (χ4n) is 4.82. The molecule has 0 saturated carbocycles. The molecule has 1 aliphatic rings. The van der Waals surface area contributed by atoms with Crippen molar-refractivity contribution in [3.8, 4) is 5.75 Å². The van der Waals surface area contributed by atoms with Crippen LogP contribution in [0.2, 0.25) is 0 Å². The Morgan fingerprint density at radius 2 is 1.82 bits per heavy atom. The van der Waals surface area contributed by atoms with Gasteiger partial charge in [0.15, 0.2) is 0 Å². The first-order valence-corrected chi connectivity index (χ1v) is 12.0. The Kier molecular flexibility index (Phi) is 6.48. The molecule has 1 heterocycles. The average Bonchev–Trinajstić information content (AvgIpc) is 3.28. The van der Waals surface area contributed by atoms with Crippen LogP contribution in [0.1, 0.15) is 40.8 Å². The van der Waals surface area contributed by atoms with Gasteiger partial charge in [0.2, 0.25) is 5.56 Å². The van der Waals surface area contributed by atoms with Crippen molar-refractivity contribution in [2.24, 2.45) is 0 Å². The molecule has 1 aliphatic carbocycles. The Morgan fingerprint density at radius 1 is 1.00 bits per heavy atom. The van der Waals surface area contributed by atoms with Crippen LogP contribution < -0.4 is 15.6 Å². The van der Waals surface area contributed by atoms with Crippen LogP contribution in [-0.2, 0) is 25.9 Å². The summed E-state index contributed by atoms with van der Waals surface area (Å²) in [6.07, 6.45) is 2.30. The van der Waals surface area contributed by atoms with Gasteiger partial charge in [-0.2, -0.15) is 0 Å². The SMILES string of the molecule is CCc1ccc2c(c1)CC(NC[C@H](O)c1ccc(OCc3ccccc3)c3[nH]c(=O)ccc13)C2. The van der Waals surface area contributed by atoms with Crippen LogP contribution in [0.3, 0.4) is 0 Å². The van der Waals surface area contributed by atoms with Crippen molar-refractivity contribution < 1.29 is 9.84 Å². The van der Waals surface area contributed by atoms with E-state index >= 15 is 0 Å². The molecule has 0 spiro atoms. The summed E-state index contributed by atoms with van der Waals surface area (Å²) in [5, 5.41) is 15.4. The third-order valence-electron chi connectivity index (χ3n) is 6.70. The molecule has 4 aromatic rings. The molecule has 1 unspecified atom stereocenters. The molecule has 5 nitrogen and oxygen atoms in total.